The van der Waals surface area contributed by atoms with Crippen LogP contribution in [0.5, 0.6) is 0 Å². The van der Waals surface area contributed by atoms with E-state index in [0.717, 1.165) is 12.8 Å². The number of hydrogen-bond acceptors (Lipinski definition) is 3. The van der Waals surface area contributed by atoms with E-state index in [9.17, 15) is 4.57 Å². The van der Waals surface area contributed by atoms with E-state index in [-0.39, 0.29) is 0 Å². The van der Waals surface area contributed by atoms with Crippen LogP contribution in [0.15, 0.2) is 0 Å². The van der Waals surface area contributed by atoms with E-state index in [1.165, 1.54) is 32.1 Å². The van der Waals surface area contributed by atoms with Gasteiger partial charge in [0.25, 0.3) is 0 Å². The third-order valence-electron chi connectivity index (χ3n) is 4.37. The molecular weight excluding hydrogens is 283 g/mol. The minimum Gasteiger partial charge on any atom is -0.308 e. The maximum Gasteiger partial charge on any atom is 0.336 e. The normalized spacial score (nSPS) is 14.4. The van der Waals surface area contributed by atoms with Crippen molar-refractivity contribution < 1.29 is 13.6 Å². The minimum absolute atomic E-state index is 0.396. The van der Waals surface area contributed by atoms with E-state index in [1.807, 2.05) is 13.8 Å². The van der Waals surface area contributed by atoms with Crippen LogP contribution in [-0.4, -0.2) is 18.4 Å². The van der Waals surface area contributed by atoms with Crippen molar-refractivity contribution >= 4 is 7.60 Å². The van der Waals surface area contributed by atoms with Gasteiger partial charge < -0.3 is 9.05 Å². The summed E-state index contributed by atoms with van der Waals surface area (Å²) in [5.41, 5.74) is 0. The van der Waals surface area contributed by atoms with Gasteiger partial charge in [-0.2, -0.15) is 0 Å². The molecule has 0 aromatic heterocycles. The van der Waals surface area contributed by atoms with Crippen molar-refractivity contribution in [3.63, 3.8) is 0 Å². The first-order chi connectivity index (χ1) is 9.89. The molecule has 1 atom stereocenters. The van der Waals surface area contributed by atoms with Crippen LogP contribution in [0.25, 0.3) is 0 Å². The number of rotatable bonds is 13. The van der Waals surface area contributed by atoms with Crippen LogP contribution in [0.2, 0.25) is 0 Å². The van der Waals surface area contributed by atoms with Crippen molar-refractivity contribution in [2.45, 2.75) is 91.6 Å². The first-order valence-corrected chi connectivity index (χ1v) is 10.3. The van der Waals surface area contributed by atoms with Gasteiger partial charge in [-0.1, -0.05) is 46.0 Å². The van der Waals surface area contributed by atoms with E-state index in [0.29, 0.717) is 19.1 Å². The Morgan fingerprint density at radius 3 is 1.76 bits per heavy atom. The Bertz CT molecular complexity index is 292. The summed E-state index contributed by atoms with van der Waals surface area (Å²) in [6.07, 6.45) is 8.24. The SMILES string of the molecule is CCCCCC(CCCC)C(C)(C)P(=O)(OCC)OCC. The lowest BCUT2D eigenvalue weighted by molar-refractivity contribution is 0.178. The van der Waals surface area contributed by atoms with Gasteiger partial charge in [-0.25, -0.2) is 0 Å². The molecule has 0 heterocycles. The van der Waals surface area contributed by atoms with Gasteiger partial charge >= 0.3 is 7.60 Å². The highest BCUT2D eigenvalue weighted by Gasteiger charge is 2.47. The largest absolute Gasteiger partial charge is 0.336 e. The third kappa shape index (κ3) is 6.42. The van der Waals surface area contributed by atoms with Crippen LogP contribution < -0.4 is 0 Å². The van der Waals surface area contributed by atoms with E-state index >= 15 is 0 Å². The zero-order valence-electron chi connectivity index (χ0n) is 15.1. The average Bonchev–Trinajstić information content (AvgIpc) is 2.42. The quantitative estimate of drug-likeness (QED) is 0.290. The Hall–Kier alpha value is 0.150. The van der Waals surface area contributed by atoms with Crippen LogP contribution >= 0.6 is 7.60 Å². The number of hydrogen-bond donors (Lipinski definition) is 0. The second kappa shape index (κ2) is 10.8. The molecule has 0 fully saturated rings. The van der Waals surface area contributed by atoms with Gasteiger partial charge in [-0.3, -0.25) is 4.57 Å². The summed E-state index contributed by atoms with van der Waals surface area (Å²) in [5, 5.41) is -0.415. The lowest BCUT2D eigenvalue weighted by Crippen LogP contribution is -2.33. The molecule has 0 aliphatic heterocycles. The predicted octanol–water partition coefficient (Wildman–Crippen LogP) is 6.42. The molecule has 0 aliphatic rings. The smallest absolute Gasteiger partial charge is 0.308 e. The van der Waals surface area contributed by atoms with Crippen molar-refractivity contribution in [2.75, 3.05) is 13.2 Å². The zero-order valence-corrected chi connectivity index (χ0v) is 16.0. The molecule has 0 saturated heterocycles. The van der Waals surface area contributed by atoms with E-state index in [4.69, 9.17) is 9.05 Å². The predicted molar refractivity (Wildman–Crippen MR) is 92.1 cm³/mol. The summed E-state index contributed by atoms with van der Waals surface area (Å²) in [4.78, 5) is 0. The molecule has 0 aromatic carbocycles. The summed E-state index contributed by atoms with van der Waals surface area (Å²) >= 11 is 0. The van der Waals surface area contributed by atoms with Gasteiger partial charge in [0, 0.05) is 0 Å². The maximum atomic E-state index is 13.2. The third-order valence-corrected chi connectivity index (χ3v) is 7.34. The Morgan fingerprint density at radius 1 is 0.857 bits per heavy atom. The molecule has 0 bridgehead atoms. The summed E-state index contributed by atoms with van der Waals surface area (Å²) in [5.74, 6) is 0.396. The molecule has 128 valence electrons. The zero-order chi connectivity index (χ0) is 16.4. The summed E-state index contributed by atoms with van der Waals surface area (Å²) < 4.78 is 24.5. The van der Waals surface area contributed by atoms with Crippen molar-refractivity contribution in [3.05, 3.63) is 0 Å². The Balaban J connectivity index is 5.11. The minimum atomic E-state index is -3.07. The van der Waals surface area contributed by atoms with Gasteiger partial charge in [-0.15, -0.1) is 0 Å². The highest BCUT2D eigenvalue weighted by Crippen LogP contribution is 2.64. The van der Waals surface area contributed by atoms with Gasteiger partial charge in [0.15, 0.2) is 0 Å². The van der Waals surface area contributed by atoms with E-state index < -0.39 is 12.8 Å². The van der Waals surface area contributed by atoms with Gasteiger partial charge in [0.05, 0.1) is 18.4 Å². The lowest BCUT2D eigenvalue weighted by atomic mass is 9.85. The molecule has 0 aliphatic carbocycles. The van der Waals surface area contributed by atoms with Gasteiger partial charge in [-0.05, 0) is 46.5 Å². The van der Waals surface area contributed by atoms with Crippen molar-refractivity contribution in [1.82, 2.24) is 0 Å². The van der Waals surface area contributed by atoms with Crippen LogP contribution in [-0.2, 0) is 13.6 Å². The summed E-state index contributed by atoms with van der Waals surface area (Å²) in [7, 11) is -3.07. The maximum absolute atomic E-state index is 13.2. The summed E-state index contributed by atoms with van der Waals surface area (Å²) in [6.45, 7) is 13.2. The van der Waals surface area contributed by atoms with Crippen LogP contribution in [0.4, 0.5) is 0 Å². The highest BCUT2D eigenvalue weighted by atomic mass is 31.2. The molecule has 0 aromatic rings. The molecule has 0 amide bonds. The first-order valence-electron chi connectivity index (χ1n) is 8.78. The van der Waals surface area contributed by atoms with E-state index in [1.54, 1.807) is 0 Å². The topological polar surface area (TPSA) is 35.5 Å². The lowest BCUT2D eigenvalue weighted by Gasteiger charge is -2.39. The Morgan fingerprint density at radius 2 is 1.33 bits per heavy atom. The molecule has 0 saturated carbocycles. The van der Waals surface area contributed by atoms with Crippen LogP contribution in [0.3, 0.4) is 0 Å². The van der Waals surface area contributed by atoms with Crippen LogP contribution in [0.1, 0.15) is 86.5 Å². The molecule has 4 heteroatoms. The molecule has 21 heavy (non-hydrogen) atoms. The highest BCUT2D eigenvalue weighted by molar-refractivity contribution is 7.55. The standard InChI is InChI=1S/C17H37O3P/c1-7-11-13-15-16(14-12-8-2)17(5,6)21(18,19-9-3)20-10-4/h16H,7-15H2,1-6H3. The average molecular weight is 320 g/mol. The molecule has 0 N–H and O–H groups in total. The fourth-order valence-corrected chi connectivity index (χ4v) is 5.00. The van der Waals surface area contributed by atoms with Crippen molar-refractivity contribution in [1.29, 1.82) is 0 Å². The molecule has 0 rings (SSSR count). The van der Waals surface area contributed by atoms with Gasteiger partial charge in [0.2, 0.25) is 0 Å². The second-order valence-electron chi connectivity index (χ2n) is 6.32. The molecular formula is C17H37O3P. The molecule has 0 radical (unpaired) electrons. The first kappa shape index (κ1) is 21.1. The fourth-order valence-electron chi connectivity index (χ4n) is 2.88. The second-order valence-corrected chi connectivity index (χ2v) is 8.99. The van der Waals surface area contributed by atoms with Gasteiger partial charge in [0.1, 0.15) is 0 Å². The molecule has 3 nitrogen and oxygen atoms in total. The van der Waals surface area contributed by atoms with Crippen molar-refractivity contribution in [2.24, 2.45) is 5.92 Å². The monoisotopic (exact) mass is 320 g/mol. The van der Waals surface area contributed by atoms with Crippen LogP contribution in [0, 0.1) is 5.92 Å². The molecule has 1 unspecified atom stereocenters. The summed E-state index contributed by atoms with van der Waals surface area (Å²) in [6, 6.07) is 0. The Kier molecular flexibility index (Phi) is 10.9. The van der Waals surface area contributed by atoms with E-state index in [2.05, 4.69) is 27.7 Å². The van der Waals surface area contributed by atoms with Crippen molar-refractivity contribution in [3.8, 4) is 0 Å². The number of unbranched alkanes of at least 4 members (excludes halogenated alkanes) is 3. The molecule has 0 spiro atoms. The Labute approximate surface area is 132 Å². The fraction of sp³-hybridized carbons (Fsp3) is 1.00.